The molecule has 2 nitrogen and oxygen atoms in total. The summed E-state index contributed by atoms with van der Waals surface area (Å²) in [7, 11) is 0. The van der Waals surface area contributed by atoms with Crippen LogP contribution < -0.4 is 0 Å². The Hall–Kier alpha value is -1.22. The van der Waals surface area contributed by atoms with Crippen molar-refractivity contribution < 1.29 is 0 Å². The molecule has 2 rings (SSSR count). The molecule has 0 radical (unpaired) electrons. The monoisotopic (exact) mass is 190 g/mol. The summed E-state index contributed by atoms with van der Waals surface area (Å²) in [4.78, 5) is 0. The average molecular weight is 190 g/mol. The molecule has 1 aromatic carbocycles. The van der Waals surface area contributed by atoms with Gasteiger partial charge in [-0.2, -0.15) is 8.75 Å². The van der Waals surface area contributed by atoms with Gasteiger partial charge in [-0.3, -0.25) is 0 Å². The lowest BCUT2D eigenvalue weighted by molar-refractivity contribution is 1.36. The first-order valence-corrected chi connectivity index (χ1v) is 4.85. The zero-order valence-corrected chi connectivity index (χ0v) is 8.43. The number of hydrogen-bond donors (Lipinski definition) is 0. The highest BCUT2D eigenvalue weighted by Gasteiger charge is 2.03. The fourth-order valence-electron chi connectivity index (χ4n) is 1.38. The molecule has 0 saturated heterocycles. The van der Waals surface area contributed by atoms with Crippen molar-refractivity contribution in [1.82, 2.24) is 8.75 Å². The highest BCUT2D eigenvalue weighted by atomic mass is 32.1. The minimum Gasteiger partial charge on any atom is -0.181 e. The fourth-order valence-corrected chi connectivity index (χ4v) is 1.81. The highest BCUT2D eigenvalue weighted by Crippen LogP contribution is 2.22. The van der Waals surface area contributed by atoms with Gasteiger partial charge in [0.1, 0.15) is 5.69 Å². The van der Waals surface area contributed by atoms with Crippen LogP contribution in [0.25, 0.3) is 11.3 Å². The maximum atomic E-state index is 4.21. The molecule has 0 fully saturated rings. The van der Waals surface area contributed by atoms with Gasteiger partial charge in [0.05, 0.1) is 17.9 Å². The molecule has 1 aromatic heterocycles. The molecule has 0 spiro atoms. The second kappa shape index (κ2) is 3.26. The first-order chi connectivity index (χ1) is 6.27. The molecule has 13 heavy (non-hydrogen) atoms. The average Bonchev–Trinajstić information content (AvgIpc) is 2.56. The molecular weight excluding hydrogens is 180 g/mol. The van der Waals surface area contributed by atoms with E-state index in [1.54, 1.807) is 0 Å². The van der Waals surface area contributed by atoms with Gasteiger partial charge in [-0.1, -0.05) is 23.8 Å². The molecule has 2 aromatic rings. The number of nitrogens with zero attached hydrogens (tertiary/aromatic N) is 2. The Kier molecular flexibility index (Phi) is 2.10. The van der Waals surface area contributed by atoms with Crippen LogP contribution in [0.5, 0.6) is 0 Å². The summed E-state index contributed by atoms with van der Waals surface area (Å²) < 4.78 is 8.20. The molecule has 0 bridgehead atoms. The molecule has 0 saturated carbocycles. The minimum atomic E-state index is 0.975. The van der Waals surface area contributed by atoms with Crippen molar-refractivity contribution in [1.29, 1.82) is 0 Å². The Morgan fingerprint density at radius 3 is 2.69 bits per heavy atom. The summed E-state index contributed by atoms with van der Waals surface area (Å²) in [5.41, 5.74) is 4.69. The van der Waals surface area contributed by atoms with E-state index in [1.807, 2.05) is 6.20 Å². The van der Waals surface area contributed by atoms with Gasteiger partial charge in [-0.25, -0.2) is 0 Å². The van der Waals surface area contributed by atoms with E-state index in [2.05, 4.69) is 40.8 Å². The molecular formula is C10H10N2S. The van der Waals surface area contributed by atoms with Crippen LogP contribution >= 0.6 is 11.7 Å². The molecule has 0 aliphatic carbocycles. The van der Waals surface area contributed by atoms with Crippen molar-refractivity contribution >= 4 is 11.7 Å². The summed E-state index contributed by atoms with van der Waals surface area (Å²) in [5, 5.41) is 0. The zero-order chi connectivity index (χ0) is 9.26. The van der Waals surface area contributed by atoms with Crippen LogP contribution in [0.3, 0.4) is 0 Å². The van der Waals surface area contributed by atoms with Crippen molar-refractivity contribution in [2.24, 2.45) is 0 Å². The normalized spacial score (nSPS) is 10.3. The van der Waals surface area contributed by atoms with Gasteiger partial charge in [0.25, 0.3) is 0 Å². The predicted molar refractivity (Wildman–Crippen MR) is 54.8 cm³/mol. The Bertz CT molecular complexity index is 407. The van der Waals surface area contributed by atoms with Gasteiger partial charge < -0.3 is 0 Å². The van der Waals surface area contributed by atoms with E-state index in [9.17, 15) is 0 Å². The topological polar surface area (TPSA) is 25.8 Å². The maximum absolute atomic E-state index is 4.21. The third-order valence-electron chi connectivity index (χ3n) is 2.02. The molecule has 1 heterocycles. The molecule has 0 aliphatic heterocycles. The molecule has 0 atom stereocenters. The number of hydrogen-bond acceptors (Lipinski definition) is 3. The van der Waals surface area contributed by atoms with Crippen molar-refractivity contribution in [2.75, 3.05) is 0 Å². The van der Waals surface area contributed by atoms with E-state index in [0.29, 0.717) is 0 Å². The lowest BCUT2D eigenvalue weighted by Gasteiger charge is -2.02. The standard InChI is InChI=1S/C10H10N2S/c1-7-3-4-9(8(2)5-7)10-6-11-13-12-10/h3-6H,1-2H3. The number of aryl methyl sites for hydroxylation is 2. The molecule has 0 N–H and O–H groups in total. The van der Waals surface area contributed by atoms with Crippen molar-refractivity contribution in [2.45, 2.75) is 13.8 Å². The van der Waals surface area contributed by atoms with E-state index in [4.69, 9.17) is 0 Å². The molecule has 0 unspecified atom stereocenters. The Morgan fingerprint density at radius 2 is 2.08 bits per heavy atom. The van der Waals surface area contributed by atoms with Crippen molar-refractivity contribution in [3.8, 4) is 11.3 Å². The maximum Gasteiger partial charge on any atom is 0.104 e. The van der Waals surface area contributed by atoms with E-state index < -0.39 is 0 Å². The number of aromatic nitrogens is 2. The van der Waals surface area contributed by atoms with E-state index in [0.717, 1.165) is 5.69 Å². The van der Waals surface area contributed by atoms with E-state index >= 15 is 0 Å². The lowest BCUT2D eigenvalue weighted by Crippen LogP contribution is -1.83. The van der Waals surface area contributed by atoms with Crippen molar-refractivity contribution in [3.05, 3.63) is 35.5 Å². The molecule has 3 heteroatoms. The summed E-state index contributed by atoms with van der Waals surface area (Å²) in [6.07, 6.45) is 1.81. The van der Waals surface area contributed by atoms with Crippen LogP contribution in [0.1, 0.15) is 11.1 Å². The van der Waals surface area contributed by atoms with Crippen LogP contribution in [0.4, 0.5) is 0 Å². The second-order valence-corrected chi connectivity index (χ2v) is 3.67. The zero-order valence-electron chi connectivity index (χ0n) is 7.61. The van der Waals surface area contributed by atoms with Gasteiger partial charge in [-0.05, 0) is 19.4 Å². The van der Waals surface area contributed by atoms with Crippen LogP contribution in [-0.4, -0.2) is 8.75 Å². The molecule has 0 aliphatic rings. The fraction of sp³-hybridized carbons (Fsp3) is 0.200. The summed E-state index contributed by atoms with van der Waals surface area (Å²) in [5.74, 6) is 0. The summed E-state index contributed by atoms with van der Waals surface area (Å²) in [6, 6.07) is 6.36. The Morgan fingerprint density at radius 1 is 1.23 bits per heavy atom. The summed E-state index contributed by atoms with van der Waals surface area (Å²) >= 11 is 1.25. The summed E-state index contributed by atoms with van der Waals surface area (Å²) in [6.45, 7) is 4.19. The van der Waals surface area contributed by atoms with Gasteiger partial charge in [-0.15, -0.1) is 0 Å². The Labute approximate surface area is 81.6 Å². The SMILES string of the molecule is Cc1ccc(-c2cnsn2)c(C)c1. The smallest absolute Gasteiger partial charge is 0.104 e. The quantitative estimate of drug-likeness (QED) is 0.691. The number of benzene rings is 1. The minimum absolute atomic E-state index is 0.975. The third-order valence-corrected chi connectivity index (χ3v) is 2.50. The Balaban J connectivity index is 2.53. The van der Waals surface area contributed by atoms with Crippen molar-refractivity contribution in [3.63, 3.8) is 0 Å². The second-order valence-electron chi connectivity index (χ2n) is 3.11. The van der Waals surface area contributed by atoms with E-state index in [1.165, 1.54) is 28.4 Å². The van der Waals surface area contributed by atoms with Gasteiger partial charge >= 0.3 is 0 Å². The van der Waals surface area contributed by atoms with Crippen LogP contribution in [0.2, 0.25) is 0 Å². The number of rotatable bonds is 1. The molecule has 66 valence electrons. The van der Waals surface area contributed by atoms with Crippen LogP contribution in [0.15, 0.2) is 24.4 Å². The van der Waals surface area contributed by atoms with Gasteiger partial charge in [0.15, 0.2) is 0 Å². The lowest BCUT2D eigenvalue weighted by atomic mass is 10.0. The third kappa shape index (κ3) is 1.60. The van der Waals surface area contributed by atoms with E-state index in [-0.39, 0.29) is 0 Å². The van der Waals surface area contributed by atoms with Gasteiger partial charge in [0.2, 0.25) is 0 Å². The first kappa shape index (κ1) is 8.38. The van der Waals surface area contributed by atoms with Gasteiger partial charge in [0, 0.05) is 5.56 Å². The molecule has 0 amide bonds. The highest BCUT2D eigenvalue weighted by molar-refractivity contribution is 6.99. The first-order valence-electron chi connectivity index (χ1n) is 4.12. The predicted octanol–water partition coefficient (Wildman–Crippen LogP) is 2.82. The van der Waals surface area contributed by atoms with Crippen LogP contribution in [-0.2, 0) is 0 Å². The largest absolute Gasteiger partial charge is 0.181 e. The van der Waals surface area contributed by atoms with Crippen LogP contribution in [0, 0.1) is 13.8 Å².